The molecule has 0 aromatic carbocycles. The van der Waals surface area contributed by atoms with Gasteiger partial charge in [-0.3, -0.25) is 4.79 Å². The summed E-state index contributed by atoms with van der Waals surface area (Å²) in [4.78, 5) is 11.7. The second kappa shape index (κ2) is 4.36. The summed E-state index contributed by atoms with van der Waals surface area (Å²) in [6.45, 7) is 6.99. The number of rotatable bonds is 6. The highest BCUT2D eigenvalue weighted by atomic mass is 16.2. The van der Waals surface area contributed by atoms with Crippen LogP contribution >= 0.6 is 0 Å². The average Bonchev–Trinajstić information content (AvgIpc) is 3.03. The van der Waals surface area contributed by atoms with Gasteiger partial charge in [0.15, 0.2) is 0 Å². The molecule has 0 aromatic heterocycles. The Labute approximate surface area is 98.4 Å². The third kappa shape index (κ3) is 2.76. The Morgan fingerprint density at radius 1 is 1.31 bits per heavy atom. The van der Waals surface area contributed by atoms with Gasteiger partial charge in [0.05, 0.1) is 6.04 Å². The largest absolute Gasteiger partial charge is 0.353 e. The molecule has 16 heavy (non-hydrogen) atoms. The van der Waals surface area contributed by atoms with E-state index in [9.17, 15) is 4.79 Å². The summed E-state index contributed by atoms with van der Waals surface area (Å²) in [6.07, 6.45) is 5.55. The molecule has 2 N–H and O–H groups in total. The molecule has 0 spiro atoms. The minimum absolute atomic E-state index is 0.0568. The summed E-state index contributed by atoms with van der Waals surface area (Å²) < 4.78 is 0. The lowest BCUT2D eigenvalue weighted by Gasteiger charge is -2.20. The van der Waals surface area contributed by atoms with Gasteiger partial charge in [-0.1, -0.05) is 0 Å². The van der Waals surface area contributed by atoms with Crippen molar-refractivity contribution < 1.29 is 4.79 Å². The van der Waals surface area contributed by atoms with E-state index < -0.39 is 0 Å². The van der Waals surface area contributed by atoms with Crippen molar-refractivity contribution in [2.45, 2.75) is 58.5 Å². The molecule has 1 unspecified atom stereocenters. The first-order valence-electron chi connectivity index (χ1n) is 6.57. The Balaban J connectivity index is 1.71. The van der Waals surface area contributed by atoms with E-state index in [2.05, 4.69) is 10.6 Å². The highest BCUT2D eigenvalue weighted by Crippen LogP contribution is 2.60. The van der Waals surface area contributed by atoms with Gasteiger partial charge >= 0.3 is 0 Å². The van der Waals surface area contributed by atoms with Crippen LogP contribution in [0.1, 0.15) is 46.5 Å². The molecule has 0 heterocycles. The Bertz CT molecular complexity index is 267. The number of amides is 1. The van der Waals surface area contributed by atoms with Crippen LogP contribution in [0.4, 0.5) is 0 Å². The minimum Gasteiger partial charge on any atom is -0.353 e. The van der Waals surface area contributed by atoms with Crippen molar-refractivity contribution in [1.29, 1.82) is 0 Å². The summed E-state index contributed by atoms with van der Waals surface area (Å²) in [5, 5.41) is 6.34. The number of carbonyl (C=O) groups is 1. The van der Waals surface area contributed by atoms with Crippen LogP contribution in [-0.4, -0.2) is 24.5 Å². The molecule has 0 aliphatic heterocycles. The smallest absolute Gasteiger partial charge is 0.237 e. The molecule has 92 valence electrons. The zero-order chi connectivity index (χ0) is 11.8. The molecular weight excluding hydrogens is 200 g/mol. The second-order valence-electron chi connectivity index (χ2n) is 5.90. The first kappa shape index (κ1) is 11.9. The minimum atomic E-state index is -0.0568. The normalized spacial score (nSPS) is 24.2. The molecular formula is C13H24N2O. The first-order valence-corrected chi connectivity index (χ1v) is 6.57. The van der Waals surface area contributed by atoms with E-state index in [1.165, 1.54) is 25.7 Å². The molecule has 2 fully saturated rings. The molecule has 0 bridgehead atoms. The quantitative estimate of drug-likeness (QED) is 0.720. The molecule has 3 nitrogen and oxygen atoms in total. The monoisotopic (exact) mass is 224 g/mol. The number of hydrogen-bond donors (Lipinski definition) is 2. The molecule has 1 amide bonds. The van der Waals surface area contributed by atoms with Crippen molar-refractivity contribution in [3.63, 3.8) is 0 Å². The molecule has 2 aliphatic rings. The lowest BCUT2D eigenvalue weighted by Crippen LogP contribution is -2.46. The fraction of sp³-hybridized carbons (Fsp3) is 0.923. The lowest BCUT2D eigenvalue weighted by atomic mass is 10.0. The molecule has 1 atom stereocenters. The summed E-state index contributed by atoms with van der Waals surface area (Å²) in [7, 11) is 0. The maximum atomic E-state index is 11.7. The average molecular weight is 224 g/mol. The molecule has 0 radical (unpaired) electrons. The van der Waals surface area contributed by atoms with Gasteiger partial charge < -0.3 is 10.6 Å². The van der Waals surface area contributed by atoms with Crippen molar-refractivity contribution in [2.75, 3.05) is 6.54 Å². The number of nitrogens with one attached hydrogen (secondary N) is 2. The van der Waals surface area contributed by atoms with E-state index in [0.29, 0.717) is 5.41 Å². The van der Waals surface area contributed by atoms with E-state index in [1.54, 1.807) is 0 Å². The summed E-state index contributed by atoms with van der Waals surface area (Å²) >= 11 is 0. The Morgan fingerprint density at radius 2 is 1.94 bits per heavy atom. The van der Waals surface area contributed by atoms with Crippen molar-refractivity contribution in [1.82, 2.24) is 10.6 Å². The van der Waals surface area contributed by atoms with Gasteiger partial charge in [-0.25, -0.2) is 0 Å². The van der Waals surface area contributed by atoms with Crippen molar-refractivity contribution in [3.8, 4) is 0 Å². The van der Waals surface area contributed by atoms with Gasteiger partial charge in [-0.05, 0) is 57.8 Å². The maximum absolute atomic E-state index is 11.7. The van der Waals surface area contributed by atoms with E-state index in [4.69, 9.17) is 0 Å². The molecule has 2 aliphatic carbocycles. The van der Waals surface area contributed by atoms with Gasteiger partial charge in [0.25, 0.3) is 0 Å². The third-order valence-electron chi connectivity index (χ3n) is 3.92. The summed E-state index contributed by atoms with van der Waals surface area (Å²) in [5.74, 6) is 1.09. The van der Waals surface area contributed by atoms with E-state index in [0.717, 1.165) is 12.5 Å². The number of hydrogen-bond acceptors (Lipinski definition) is 2. The SMILES string of the molecule is CC(C)NC(=O)C(C)NCC1(C2CC2)CC1. The third-order valence-corrected chi connectivity index (χ3v) is 3.92. The predicted octanol–water partition coefficient (Wildman–Crippen LogP) is 1.68. The highest BCUT2D eigenvalue weighted by Gasteiger charge is 2.53. The maximum Gasteiger partial charge on any atom is 0.237 e. The molecule has 2 saturated carbocycles. The standard InChI is InChI=1S/C13H24N2O/c1-9(2)15-12(16)10(3)14-8-13(6-7-13)11-4-5-11/h9-11,14H,4-8H2,1-3H3,(H,15,16). The fourth-order valence-electron chi connectivity index (χ4n) is 2.44. The fourth-order valence-corrected chi connectivity index (χ4v) is 2.44. The van der Waals surface area contributed by atoms with Crippen molar-refractivity contribution in [3.05, 3.63) is 0 Å². The van der Waals surface area contributed by atoms with Crippen LogP contribution in [0.25, 0.3) is 0 Å². The summed E-state index contributed by atoms with van der Waals surface area (Å²) in [5.41, 5.74) is 0.576. The van der Waals surface area contributed by atoms with Gasteiger partial charge in [0.2, 0.25) is 5.91 Å². The zero-order valence-corrected chi connectivity index (χ0v) is 10.7. The Kier molecular flexibility index (Phi) is 3.24. The van der Waals surface area contributed by atoms with Crippen molar-refractivity contribution >= 4 is 5.91 Å². The topological polar surface area (TPSA) is 41.1 Å². The van der Waals surface area contributed by atoms with Crippen LogP contribution in [0.5, 0.6) is 0 Å². The highest BCUT2D eigenvalue weighted by molar-refractivity contribution is 5.81. The van der Waals surface area contributed by atoms with Crippen molar-refractivity contribution in [2.24, 2.45) is 11.3 Å². The summed E-state index contributed by atoms with van der Waals surface area (Å²) in [6, 6.07) is 0.175. The molecule has 0 saturated heterocycles. The Morgan fingerprint density at radius 3 is 2.38 bits per heavy atom. The van der Waals surface area contributed by atoms with E-state index in [1.807, 2.05) is 20.8 Å². The Hall–Kier alpha value is -0.570. The molecule has 0 aromatic rings. The molecule has 3 heteroatoms. The van der Waals surface area contributed by atoms with E-state index >= 15 is 0 Å². The van der Waals surface area contributed by atoms with E-state index in [-0.39, 0.29) is 18.0 Å². The van der Waals surface area contributed by atoms with Gasteiger partial charge in [0, 0.05) is 12.6 Å². The van der Waals surface area contributed by atoms with Crippen LogP contribution in [0.2, 0.25) is 0 Å². The molecule has 2 rings (SSSR count). The van der Waals surface area contributed by atoms with Gasteiger partial charge in [-0.15, -0.1) is 0 Å². The second-order valence-corrected chi connectivity index (χ2v) is 5.90. The van der Waals surface area contributed by atoms with Crippen LogP contribution in [0.3, 0.4) is 0 Å². The lowest BCUT2D eigenvalue weighted by molar-refractivity contribution is -0.123. The first-order chi connectivity index (χ1) is 7.53. The van der Waals surface area contributed by atoms with Crippen LogP contribution in [-0.2, 0) is 4.79 Å². The van der Waals surface area contributed by atoms with Crippen LogP contribution in [0.15, 0.2) is 0 Å². The van der Waals surface area contributed by atoms with Gasteiger partial charge in [0.1, 0.15) is 0 Å². The van der Waals surface area contributed by atoms with Crippen LogP contribution in [0, 0.1) is 11.3 Å². The van der Waals surface area contributed by atoms with Crippen LogP contribution < -0.4 is 10.6 Å². The zero-order valence-electron chi connectivity index (χ0n) is 10.7. The number of carbonyl (C=O) groups excluding carboxylic acids is 1. The van der Waals surface area contributed by atoms with Gasteiger partial charge in [-0.2, -0.15) is 0 Å². The predicted molar refractivity (Wildman–Crippen MR) is 65.1 cm³/mol.